The number of para-hydroxylation sites is 4. The van der Waals surface area contributed by atoms with Gasteiger partial charge in [0.25, 0.3) is 6.71 Å². The summed E-state index contributed by atoms with van der Waals surface area (Å²) in [6.45, 7) is 0.181. The van der Waals surface area contributed by atoms with Gasteiger partial charge in [-0.15, -0.1) is 0 Å². The quantitative estimate of drug-likeness (QED) is 0.226. The van der Waals surface area contributed by atoms with Crippen LogP contribution in [0.3, 0.4) is 0 Å². The van der Waals surface area contributed by atoms with Crippen LogP contribution in [0.1, 0.15) is 0 Å². The van der Waals surface area contributed by atoms with Gasteiger partial charge >= 0.3 is 0 Å². The summed E-state index contributed by atoms with van der Waals surface area (Å²) in [5.41, 5.74) is 14.5. The lowest BCUT2D eigenvalue weighted by molar-refractivity contribution is 1.14. The standard InChI is InChI=1S/C36H21BN2/c1-2-10-22(11-3-1)23-20-32-34-33(21-23)39-31-19-7-5-13-25(31)27-15-9-17-29(36(27)39)37(34)28-16-8-14-26-24-12-4-6-18-30(24)38(32)35(26)28/h1-21H. The van der Waals surface area contributed by atoms with Crippen molar-refractivity contribution in [2.75, 3.05) is 0 Å². The second-order valence-electron chi connectivity index (χ2n) is 10.9. The molecule has 3 heteroatoms. The third-order valence-corrected chi connectivity index (χ3v) is 9.09. The van der Waals surface area contributed by atoms with Gasteiger partial charge < -0.3 is 9.13 Å². The Kier molecular flexibility index (Phi) is 3.54. The lowest BCUT2D eigenvalue weighted by Gasteiger charge is -2.34. The summed E-state index contributed by atoms with van der Waals surface area (Å²) in [6.07, 6.45) is 0. The second-order valence-corrected chi connectivity index (χ2v) is 10.9. The van der Waals surface area contributed by atoms with Crippen molar-refractivity contribution in [2.24, 2.45) is 0 Å². The van der Waals surface area contributed by atoms with Crippen molar-refractivity contribution in [3.05, 3.63) is 127 Å². The maximum Gasteiger partial charge on any atom is 0.252 e. The molecule has 6 aromatic carbocycles. The van der Waals surface area contributed by atoms with E-state index in [4.69, 9.17) is 0 Å². The van der Waals surface area contributed by atoms with Crippen molar-refractivity contribution in [1.82, 2.24) is 9.13 Å². The van der Waals surface area contributed by atoms with Crippen LogP contribution in [0.25, 0.3) is 66.1 Å². The fourth-order valence-corrected chi connectivity index (χ4v) is 7.62. The van der Waals surface area contributed by atoms with E-state index in [1.807, 2.05) is 0 Å². The molecule has 2 nitrogen and oxygen atoms in total. The monoisotopic (exact) mass is 492 g/mol. The number of fused-ring (bicyclic) bond motifs is 10. The maximum absolute atomic E-state index is 2.54. The van der Waals surface area contributed by atoms with E-state index in [9.17, 15) is 0 Å². The van der Waals surface area contributed by atoms with Crippen LogP contribution in [0.15, 0.2) is 127 Å². The van der Waals surface area contributed by atoms with Gasteiger partial charge in [-0.05, 0) is 51.8 Å². The highest BCUT2D eigenvalue weighted by atomic mass is 15.0. The molecular weight excluding hydrogens is 471 g/mol. The van der Waals surface area contributed by atoms with E-state index >= 15 is 0 Å². The topological polar surface area (TPSA) is 9.86 Å². The predicted octanol–water partition coefficient (Wildman–Crippen LogP) is 6.69. The predicted molar refractivity (Wildman–Crippen MR) is 165 cm³/mol. The molecule has 8 aromatic rings. The van der Waals surface area contributed by atoms with Crippen molar-refractivity contribution in [1.29, 1.82) is 0 Å². The summed E-state index contributed by atoms with van der Waals surface area (Å²) < 4.78 is 5.08. The number of nitrogens with zero attached hydrogens (tertiary/aromatic N) is 2. The van der Waals surface area contributed by atoms with Crippen LogP contribution in [0.2, 0.25) is 0 Å². The average molecular weight is 492 g/mol. The van der Waals surface area contributed by atoms with E-state index < -0.39 is 0 Å². The molecule has 10 rings (SSSR count). The third kappa shape index (κ3) is 2.31. The van der Waals surface area contributed by atoms with E-state index in [2.05, 4.69) is 137 Å². The molecule has 0 saturated heterocycles. The minimum atomic E-state index is 0.181. The van der Waals surface area contributed by atoms with Crippen molar-refractivity contribution in [2.45, 2.75) is 0 Å². The second kappa shape index (κ2) is 6.89. The number of rotatable bonds is 1. The minimum absolute atomic E-state index is 0.181. The highest BCUT2D eigenvalue weighted by Crippen LogP contribution is 2.40. The first-order valence-electron chi connectivity index (χ1n) is 13.7. The fourth-order valence-electron chi connectivity index (χ4n) is 7.62. The lowest BCUT2D eigenvalue weighted by atomic mass is 9.34. The van der Waals surface area contributed by atoms with Crippen LogP contribution in [0, 0.1) is 0 Å². The van der Waals surface area contributed by atoms with E-state index in [1.165, 1.54) is 82.5 Å². The van der Waals surface area contributed by atoms with Gasteiger partial charge in [0.15, 0.2) is 0 Å². The van der Waals surface area contributed by atoms with Gasteiger partial charge in [-0.3, -0.25) is 0 Å². The van der Waals surface area contributed by atoms with Crippen molar-refractivity contribution >= 4 is 66.7 Å². The molecule has 0 spiro atoms. The Balaban J connectivity index is 1.49. The van der Waals surface area contributed by atoms with E-state index in [-0.39, 0.29) is 6.71 Å². The highest BCUT2D eigenvalue weighted by Gasteiger charge is 2.40. The number of aromatic nitrogens is 2. The Morgan fingerprint density at radius 3 is 1.46 bits per heavy atom. The number of hydrogen-bond acceptors (Lipinski definition) is 0. The van der Waals surface area contributed by atoms with Crippen LogP contribution >= 0.6 is 0 Å². The normalized spacial score (nSPS) is 13.1. The Bertz CT molecular complexity index is 2200. The molecule has 178 valence electrons. The molecule has 0 unspecified atom stereocenters. The Morgan fingerprint density at radius 1 is 0.410 bits per heavy atom. The summed E-state index contributed by atoms with van der Waals surface area (Å²) in [4.78, 5) is 0. The molecular formula is C36H21BN2. The molecule has 0 N–H and O–H groups in total. The molecule has 0 saturated carbocycles. The molecule has 0 atom stereocenters. The number of benzene rings is 6. The van der Waals surface area contributed by atoms with Crippen LogP contribution in [-0.2, 0) is 0 Å². The Hall–Kier alpha value is -5.02. The van der Waals surface area contributed by atoms with Gasteiger partial charge in [0.2, 0.25) is 0 Å². The summed E-state index contributed by atoms with van der Waals surface area (Å²) in [7, 11) is 0. The van der Waals surface area contributed by atoms with Crippen molar-refractivity contribution in [3.63, 3.8) is 0 Å². The third-order valence-electron chi connectivity index (χ3n) is 9.09. The Labute approximate surface area is 225 Å². The number of hydrogen-bond donors (Lipinski definition) is 0. The van der Waals surface area contributed by atoms with E-state index in [0.29, 0.717) is 0 Å². The summed E-state index contributed by atoms with van der Waals surface area (Å²) in [6, 6.07) is 47.3. The lowest BCUT2D eigenvalue weighted by Crippen LogP contribution is -2.59. The first-order valence-corrected chi connectivity index (χ1v) is 13.7. The SMILES string of the molecule is c1ccc(-c2cc3c4c(c2)-n2c5ccccc5c5cccc(c52)B4c2cccc4c5ccccc5n-3c24)cc1. The summed E-state index contributed by atoms with van der Waals surface area (Å²) >= 11 is 0. The van der Waals surface area contributed by atoms with Gasteiger partial charge in [0.05, 0.1) is 11.0 Å². The smallest absolute Gasteiger partial charge is 0.252 e. The zero-order chi connectivity index (χ0) is 25.2. The van der Waals surface area contributed by atoms with Crippen molar-refractivity contribution in [3.8, 4) is 22.5 Å². The van der Waals surface area contributed by atoms with Gasteiger partial charge in [-0.1, -0.05) is 103 Å². The van der Waals surface area contributed by atoms with Gasteiger partial charge in [0.1, 0.15) is 0 Å². The van der Waals surface area contributed by atoms with Crippen molar-refractivity contribution < 1.29 is 0 Å². The van der Waals surface area contributed by atoms with Gasteiger partial charge in [0, 0.05) is 44.0 Å². The first-order chi connectivity index (χ1) is 19.4. The molecule has 2 aromatic heterocycles. The fraction of sp³-hybridized carbons (Fsp3) is 0. The molecule has 0 bridgehead atoms. The van der Waals surface area contributed by atoms with E-state index in [0.717, 1.165) is 0 Å². The van der Waals surface area contributed by atoms with Crippen LogP contribution < -0.4 is 16.4 Å². The van der Waals surface area contributed by atoms with Gasteiger partial charge in [-0.25, -0.2) is 0 Å². The molecule has 2 aliphatic rings. The zero-order valence-corrected chi connectivity index (χ0v) is 21.1. The van der Waals surface area contributed by atoms with E-state index in [1.54, 1.807) is 0 Å². The minimum Gasteiger partial charge on any atom is -0.310 e. The summed E-state index contributed by atoms with van der Waals surface area (Å²) in [5, 5.41) is 5.29. The average Bonchev–Trinajstić information content (AvgIpc) is 3.52. The largest absolute Gasteiger partial charge is 0.310 e. The molecule has 2 aliphatic heterocycles. The molecule has 0 fully saturated rings. The van der Waals surface area contributed by atoms with Gasteiger partial charge in [-0.2, -0.15) is 0 Å². The van der Waals surface area contributed by atoms with Crippen LogP contribution in [-0.4, -0.2) is 15.8 Å². The van der Waals surface area contributed by atoms with Crippen LogP contribution in [0.4, 0.5) is 0 Å². The highest BCUT2D eigenvalue weighted by molar-refractivity contribution is 7.00. The zero-order valence-electron chi connectivity index (χ0n) is 21.1. The first kappa shape index (κ1) is 20.0. The molecule has 4 heterocycles. The molecule has 0 aliphatic carbocycles. The maximum atomic E-state index is 2.54. The Morgan fingerprint density at radius 2 is 0.897 bits per heavy atom. The summed E-state index contributed by atoms with van der Waals surface area (Å²) in [5.74, 6) is 0. The van der Waals surface area contributed by atoms with Crippen LogP contribution in [0.5, 0.6) is 0 Å². The molecule has 39 heavy (non-hydrogen) atoms. The molecule has 0 amide bonds. The molecule has 0 radical (unpaired) electrons.